The average Bonchev–Trinajstić information content (AvgIpc) is 3.00. The molecule has 0 aliphatic heterocycles. The van der Waals surface area contributed by atoms with Crippen LogP contribution in [-0.2, 0) is 11.3 Å². The third-order valence-corrected chi connectivity index (χ3v) is 4.18. The molecule has 154 valence electrons. The first kappa shape index (κ1) is 20.2. The molecule has 1 aromatic carbocycles. The van der Waals surface area contributed by atoms with Gasteiger partial charge in [-0.05, 0) is 31.0 Å². The number of aromatic amines is 1. The van der Waals surface area contributed by atoms with Gasteiger partial charge in [0.1, 0.15) is 5.52 Å². The Labute approximate surface area is 167 Å². The Morgan fingerprint density at radius 3 is 2.69 bits per heavy atom. The highest BCUT2D eigenvalue weighted by molar-refractivity contribution is 5.84. The third kappa shape index (κ3) is 4.84. The van der Waals surface area contributed by atoms with Crippen molar-refractivity contribution in [2.24, 2.45) is 0 Å². The second kappa shape index (κ2) is 9.09. The van der Waals surface area contributed by atoms with Crippen LogP contribution >= 0.6 is 0 Å². The van der Waals surface area contributed by atoms with E-state index in [1.54, 1.807) is 31.2 Å². The van der Waals surface area contributed by atoms with Crippen LogP contribution < -0.4 is 21.5 Å². The van der Waals surface area contributed by atoms with Crippen molar-refractivity contribution < 1.29 is 14.3 Å². The number of ether oxygens (including phenoxy) is 2. The second-order valence-corrected chi connectivity index (χ2v) is 6.35. The van der Waals surface area contributed by atoms with Gasteiger partial charge in [-0.2, -0.15) is 9.97 Å². The summed E-state index contributed by atoms with van der Waals surface area (Å²) in [7, 11) is 0. The van der Waals surface area contributed by atoms with Crippen LogP contribution in [0.4, 0.5) is 16.3 Å². The van der Waals surface area contributed by atoms with Gasteiger partial charge in [-0.15, -0.1) is 0 Å². The molecule has 0 spiro atoms. The molecule has 0 atom stereocenters. The molecule has 0 bridgehead atoms. The predicted molar refractivity (Wildman–Crippen MR) is 109 cm³/mol. The highest BCUT2D eigenvalue weighted by Gasteiger charge is 2.15. The number of aromatic nitrogens is 4. The van der Waals surface area contributed by atoms with Gasteiger partial charge in [0.15, 0.2) is 11.5 Å². The lowest BCUT2D eigenvalue weighted by atomic mass is 10.2. The van der Waals surface area contributed by atoms with Crippen molar-refractivity contribution in [2.75, 3.05) is 24.3 Å². The number of hydrogen-bond donors (Lipinski definition) is 3. The summed E-state index contributed by atoms with van der Waals surface area (Å²) in [5.74, 6) is 0.159. The number of hydrogen-bond acceptors (Lipinski definition) is 7. The maximum absolute atomic E-state index is 12.4. The van der Waals surface area contributed by atoms with E-state index < -0.39 is 6.09 Å². The van der Waals surface area contributed by atoms with E-state index >= 15 is 0 Å². The van der Waals surface area contributed by atoms with Crippen molar-refractivity contribution in [3.8, 4) is 6.01 Å². The first-order valence-corrected chi connectivity index (χ1v) is 9.43. The third-order valence-electron chi connectivity index (χ3n) is 4.18. The number of rotatable bonds is 8. The molecule has 29 heavy (non-hydrogen) atoms. The number of amides is 1. The molecule has 0 saturated carbocycles. The van der Waals surface area contributed by atoms with E-state index in [0.717, 1.165) is 18.4 Å². The molecule has 3 aromatic rings. The number of unbranched alkanes of at least 4 members (excludes halogenated alkanes) is 1. The van der Waals surface area contributed by atoms with Crippen LogP contribution in [0.5, 0.6) is 6.01 Å². The van der Waals surface area contributed by atoms with E-state index in [4.69, 9.17) is 15.2 Å². The van der Waals surface area contributed by atoms with Crippen molar-refractivity contribution in [1.82, 2.24) is 19.5 Å². The molecule has 0 aliphatic rings. The number of carbonyl (C=O) groups is 1. The predicted octanol–water partition coefficient (Wildman–Crippen LogP) is 2.50. The van der Waals surface area contributed by atoms with Crippen LogP contribution in [0, 0.1) is 0 Å². The zero-order valence-corrected chi connectivity index (χ0v) is 16.4. The summed E-state index contributed by atoms with van der Waals surface area (Å²) in [6, 6.07) is 7.21. The lowest BCUT2D eigenvalue weighted by Gasteiger charge is -2.08. The van der Waals surface area contributed by atoms with Gasteiger partial charge in [0, 0.05) is 5.69 Å². The zero-order valence-electron chi connectivity index (χ0n) is 16.4. The van der Waals surface area contributed by atoms with Crippen LogP contribution in [0.1, 0.15) is 32.3 Å². The Kier molecular flexibility index (Phi) is 6.32. The molecule has 4 N–H and O–H groups in total. The van der Waals surface area contributed by atoms with Gasteiger partial charge in [-0.25, -0.2) is 9.59 Å². The van der Waals surface area contributed by atoms with E-state index in [-0.39, 0.29) is 24.1 Å². The van der Waals surface area contributed by atoms with Crippen LogP contribution in [0.2, 0.25) is 0 Å². The van der Waals surface area contributed by atoms with Gasteiger partial charge < -0.3 is 20.2 Å². The standard InChI is InChI=1S/C19H24N6O4/c1-3-5-10-29-17-23-15(20)14-16(24-17)25(18(26)22-14)11-12-6-8-13(9-7-12)21-19(27)28-4-2/h6-9H,3-5,10-11H2,1-2H3,(H,21,27)(H,22,26)(H2,20,23,24). The van der Waals surface area contributed by atoms with E-state index in [2.05, 4.69) is 27.2 Å². The molecular formula is C19H24N6O4. The maximum Gasteiger partial charge on any atom is 0.411 e. The summed E-state index contributed by atoms with van der Waals surface area (Å²) in [6.45, 7) is 4.83. The zero-order chi connectivity index (χ0) is 20.8. The van der Waals surface area contributed by atoms with Crippen LogP contribution in [0.25, 0.3) is 11.2 Å². The average molecular weight is 400 g/mol. The molecule has 0 radical (unpaired) electrons. The van der Waals surface area contributed by atoms with Crippen molar-refractivity contribution in [3.63, 3.8) is 0 Å². The number of carbonyl (C=O) groups excluding carboxylic acids is 1. The van der Waals surface area contributed by atoms with Crippen LogP contribution in [0.3, 0.4) is 0 Å². The molecule has 10 heteroatoms. The summed E-state index contributed by atoms with van der Waals surface area (Å²) in [4.78, 5) is 35.0. The first-order chi connectivity index (χ1) is 14.0. The SMILES string of the molecule is CCCCOc1nc(N)c2[nH]c(=O)n(Cc3ccc(NC(=O)OCC)cc3)c2n1. The van der Waals surface area contributed by atoms with Gasteiger partial charge in [0.25, 0.3) is 0 Å². The summed E-state index contributed by atoms with van der Waals surface area (Å²) in [6.07, 6.45) is 1.33. The minimum absolute atomic E-state index is 0.144. The molecule has 0 saturated heterocycles. The monoisotopic (exact) mass is 400 g/mol. The summed E-state index contributed by atoms with van der Waals surface area (Å²) in [5, 5.41) is 2.62. The number of anilines is 2. The van der Waals surface area contributed by atoms with E-state index in [0.29, 0.717) is 30.1 Å². The summed E-state index contributed by atoms with van der Waals surface area (Å²) < 4.78 is 11.9. The molecule has 10 nitrogen and oxygen atoms in total. The van der Waals surface area contributed by atoms with Gasteiger partial charge in [-0.3, -0.25) is 9.88 Å². The van der Waals surface area contributed by atoms with Gasteiger partial charge in [0.05, 0.1) is 19.8 Å². The number of benzene rings is 1. The lowest BCUT2D eigenvalue weighted by Crippen LogP contribution is -2.18. The number of imidazole rings is 1. The second-order valence-electron chi connectivity index (χ2n) is 6.35. The fourth-order valence-electron chi connectivity index (χ4n) is 2.71. The Morgan fingerprint density at radius 2 is 2.00 bits per heavy atom. The highest BCUT2D eigenvalue weighted by Crippen LogP contribution is 2.19. The number of nitrogens with two attached hydrogens (primary N) is 1. The van der Waals surface area contributed by atoms with Crippen LogP contribution in [0.15, 0.2) is 29.1 Å². The van der Waals surface area contributed by atoms with Gasteiger partial charge in [0.2, 0.25) is 0 Å². The highest BCUT2D eigenvalue weighted by atomic mass is 16.5. The molecule has 0 aliphatic carbocycles. The molecule has 0 fully saturated rings. The molecule has 0 unspecified atom stereocenters. The molecule has 2 heterocycles. The number of H-pyrrole nitrogens is 1. The molecule has 2 aromatic heterocycles. The smallest absolute Gasteiger partial charge is 0.411 e. The minimum Gasteiger partial charge on any atom is -0.463 e. The number of fused-ring (bicyclic) bond motifs is 1. The normalized spacial score (nSPS) is 10.8. The van der Waals surface area contributed by atoms with E-state index in [1.165, 1.54) is 4.57 Å². The van der Waals surface area contributed by atoms with E-state index in [1.807, 2.05) is 0 Å². The van der Waals surface area contributed by atoms with Crippen molar-refractivity contribution in [1.29, 1.82) is 0 Å². The largest absolute Gasteiger partial charge is 0.463 e. The number of nitrogen functional groups attached to an aromatic ring is 1. The molecule has 1 amide bonds. The minimum atomic E-state index is -0.518. The van der Waals surface area contributed by atoms with Gasteiger partial charge in [-0.1, -0.05) is 25.5 Å². The van der Waals surface area contributed by atoms with Crippen molar-refractivity contribution >= 4 is 28.8 Å². The van der Waals surface area contributed by atoms with Crippen molar-refractivity contribution in [3.05, 3.63) is 40.3 Å². The van der Waals surface area contributed by atoms with Crippen LogP contribution in [-0.4, -0.2) is 38.8 Å². The summed E-state index contributed by atoms with van der Waals surface area (Å²) >= 11 is 0. The molecular weight excluding hydrogens is 376 g/mol. The molecule has 3 rings (SSSR count). The quantitative estimate of drug-likeness (QED) is 0.494. The first-order valence-electron chi connectivity index (χ1n) is 9.43. The fraction of sp³-hybridized carbons (Fsp3) is 0.368. The summed E-state index contributed by atoms with van der Waals surface area (Å²) in [5.41, 5.74) is 7.80. The van der Waals surface area contributed by atoms with Crippen molar-refractivity contribution in [2.45, 2.75) is 33.2 Å². The Morgan fingerprint density at radius 1 is 1.24 bits per heavy atom. The number of nitrogens with zero attached hydrogens (tertiary/aromatic N) is 3. The number of nitrogens with one attached hydrogen (secondary N) is 2. The topological polar surface area (TPSA) is 137 Å². The lowest BCUT2D eigenvalue weighted by molar-refractivity contribution is 0.168. The Hall–Kier alpha value is -3.56. The maximum atomic E-state index is 12.4. The Balaban J connectivity index is 1.83. The fourth-order valence-corrected chi connectivity index (χ4v) is 2.71. The van der Waals surface area contributed by atoms with Gasteiger partial charge >= 0.3 is 17.8 Å². The Bertz CT molecular complexity index is 1040. The van der Waals surface area contributed by atoms with E-state index in [9.17, 15) is 9.59 Å².